The molecule has 0 saturated heterocycles. The molecule has 0 spiro atoms. The van der Waals surface area contributed by atoms with Crippen molar-refractivity contribution in [2.75, 3.05) is 31.6 Å². The van der Waals surface area contributed by atoms with Crippen LogP contribution in [0.3, 0.4) is 0 Å². The van der Waals surface area contributed by atoms with Gasteiger partial charge < -0.3 is 14.8 Å². The number of nitrogens with one attached hydrogen (secondary N) is 1. The lowest BCUT2D eigenvalue weighted by Crippen LogP contribution is -2.43. The topological polar surface area (TPSA) is 68.6 Å². The van der Waals surface area contributed by atoms with Gasteiger partial charge in [0, 0.05) is 13.6 Å². The molecule has 2 heterocycles. The summed E-state index contributed by atoms with van der Waals surface area (Å²) in [7, 11) is 1.87. The van der Waals surface area contributed by atoms with Crippen LogP contribution in [0.2, 0.25) is 0 Å². The van der Waals surface area contributed by atoms with E-state index in [1.807, 2.05) is 52.1 Å². The molecule has 0 aliphatic carbocycles. The number of hydrogen-bond acceptors (Lipinski definition) is 5. The fourth-order valence-corrected chi connectivity index (χ4v) is 3.08. The molecule has 7 nitrogen and oxygen atoms in total. The van der Waals surface area contributed by atoms with Gasteiger partial charge in [-0.15, -0.1) is 0 Å². The molecule has 1 unspecified atom stereocenters. The van der Waals surface area contributed by atoms with Gasteiger partial charge in [0.25, 0.3) is 0 Å². The monoisotopic (exact) mass is 358 g/mol. The van der Waals surface area contributed by atoms with Crippen molar-refractivity contribution in [1.29, 1.82) is 0 Å². The molecule has 1 aliphatic heterocycles. The van der Waals surface area contributed by atoms with Gasteiger partial charge in [-0.2, -0.15) is 5.10 Å². The molecule has 0 bridgehead atoms. The number of likely N-dealkylation sites (N-methyl/N-ethyl adjacent to an activating group) is 1. The number of nitrogens with zero attached hydrogens (tertiary/aromatic N) is 3. The van der Waals surface area contributed by atoms with E-state index >= 15 is 0 Å². The summed E-state index contributed by atoms with van der Waals surface area (Å²) >= 11 is 0. The summed E-state index contributed by atoms with van der Waals surface area (Å²) in [6.45, 7) is 8.03. The first kappa shape index (κ1) is 18.3. The SMILES string of the molecule is CCN(CC(=O)Nc1c(C)nn(C)c1C)CC1COc2ccccc2O1. The van der Waals surface area contributed by atoms with E-state index in [9.17, 15) is 4.79 Å². The molecule has 0 radical (unpaired) electrons. The van der Waals surface area contributed by atoms with Crippen LogP contribution in [-0.2, 0) is 11.8 Å². The Morgan fingerprint density at radius 3 is 2.73 bits per heavy atom. The Morgan fingerprint density at radius 2 is 2.08 bits per heavy atom. The van der Waals surface area contributed by atoms with Crippen LogP contribution in [0.25, 0.3) is 0 Å². The van der Waals surface area contributed by atoms with Crippen molar-refractivity contribution < 1.29 is 14.3 Å². The summed E-state index contributed by atoms with van der Waals surface area (Å²) in [5.41, 5.74) is 2.56. The maximum Gasteiger partial charge on any atom is 0.238 e. The van der Waals surface area contributed by atoms with Crippen LogP contribution >= 0.6 is 0 Å². The van der Waals surface area contributed by atoms with Gasteiger partial charge in [-0.1, -0.05) is 19.1 Å². The van der Waals surface area contributed by atoms with Gasteiger partial charge in [-0.05, 0) is 32.5 Å². The van der Waals surface area contributed by atoms with E-state index in [0.29, 0.717) is 19.7 Å². The number of anilines is 1. The average Bonchev–Trinajstić information content (AvgIpc) is 2.87. The van der Waals surface area contributed by atoms with Gasteiger partial charge in [0.1, 0.15) is 12.7 Å². The van der Waals surface area contributed by atoms with Crippen molar-refractivity contribution in [1.82, 2.24) is 14.7 Å². The molecule has 7 heteroatoms. The summed E-state index contributed by atoms with van der Waals surface area (Å²) in [5, 5.41) is 7.31. The van der Waals surface area contributed by atoms with E-state index < -0.39 is 0 Å². The van der Waals surface area contributed by atoms with Crippen LogP contribution in [-0.4, -0.2) is 52.9 Å². The molecule has 1 N–H and O–H groups in total. The van der Waals surface area contributed by atoms with Crippen LogP contribution in [0.5, 0.6) is 11.5 Å². The molecule has 1 aliphatic rings. The number of benzene rings is 1. The zero-order valence-corrected chi connectivity index (χ0v) is 15.8. The third kappa shape index (κ3) is 3.99. The Kier molecular flexibility index (Phi) is 5.46. The third-order valence-corrected chi connectivity index (χ3v) is 4.62. The molecule has 26 heavy (non-hydrogen) atoms. The Labute approximate surface area is 153 Å². The number of aromatic nitrogens is 2. The number of para-hydroxylation sites is 2. The van der Waals surface area contributed by atoms with E-state index in [2.05, 4.69) is 15.3 Å². The molecule has 1 aromatic heterocycles. The minimum atomic E-state index is -0.0977. The fourth-order valence-electron chi connectivity index (χ4n) is 3.08. The second-order valence-corrected chi connectivity index (χ2v) is 6.54. The summed E-state index contributed by atoms with van der Waals surface area (Å²) in [6.07, 6.45) is -0.0977. The van der Waals surface area contributed by atoms with Gasteiger partial charge >= 0.3 is 0 Å². The Bertz CT molecular complexity index is 787. The first-order chi connectivity index (χ1) is 12.5. The molecule has 1 atom stereocenters. The molecule has 1 aromatic carbocycles. The van der Waals surface area contributed by atoms with Crippen LogP contribution in [0.1, 0.15) is 18.3 Å². The Balaban J connectivity index is 1.57. The fraction of sp³-hybridized carbons (Fsp3) is 0.474. The highest BCUT2D eigenvalue weighted by Crippen LogP contribution is 2.31. The molecular formula is C19H26N4O3. The molecule has 0 saturated carbocycles. The number of carbonyl (C=O) groups is 1. The van der Waals surface area contributed by atoms with E-state index in [0.717, 1.165) is 35.1 Å². The Hall–Kier alpha value is -2.54. The van der Waals surface area contributed by atoms with Crippen LogP contribution in [0.15, 0.2) is 24.3 Å². The standard InChI is InChI=1S/C19H26N4O3/c1-5-23(10-15-12-25-16-8-6-7-9-17(16)26-15)11-18(24)20-19-13(2)21-22(4)14(19)3/h6-9,15H,5,10-12H2,1-4H3,(H,20,24). The summed E-state index contributed by atoms with van der Waals surface area (Å²) in [6, 6.07) is 7.65. The molecule has 140 valence electrons. The number of rotatable bonds is 6. The quantitative estimate of drug-likeness (QED) is 0.857. The van der Waals surface area contributed by atoms with Crippen molar-refractivity contribution in [2.45, 2.75) is 26.9 Å². The zero-order chi connectivity index (χ0) is 18.7. The Morgan fingerprint density at radius 1 is 1.35 bits per heavy atom. The highest BCUT2D eigenvalue weighted by molar-refractivity contribution is 5.93. The lowest BCUT2D eigenvalue weighted by Gasteiger charge is -2.30. The average molecular weight is 358 g/mol. The number of ether oxygens (including phenoxy) is 2. The number of hydrogen-bond donors (Lipinski definition) is 1. The van der Waals surface area contributed by atoms with Crippen molar-refractivity contribution in [2.24, 2.45) is 7.05 Å². The maximum atomic E-state index is 12.5. The third-order valence-electron chi connectivity index (χ3n) is 4.62. The van der Waals surface area contributed by atoms with Gasteiger partial charge in [-0.3, -0.25) is 14.4 Å². The number of fused-ring (bicyclic) bond motifs is 1. The van der Waals surface area contributed by atoms with Gasteiger partial charge in [0.2, 0.25) is 5.91 Å². The second-order valence-electron chi connectivity index (χ2n) is 6.54. The maximum absolute atomic E-state index is 12.5. The lowest BCUT2D eigenvalue weighted by atomic mass is 10.2. The highest BCUT2D eigenvalue weighted by atomic mass is 16.6. The highest BCUT2D eigenvalue weighted by Gasteiger charge is 2.24. The minimum Gasteiger partial charge on any atom is -0.486 e. The van der Waals surface area contributed by atoms with E-state index in [1.54, 1.807) is 4.68 Å². The first-order valence-corrected chi connectivity index (χ1v) is 8.88. The predicted octanol–water partition coefficient (Wildman–Crippen LogP) is 2.14. The minimum absolute atomic E-state index is 0.0526. The second kappa shape index (κ2) is 7.78. The lowest BCUT2D eigenvalue weighted by molar-refractivity contribution is -0.117. The van der Waals surface area contributed by atoms with Crippen LogP contribution < -0.4 is 14.8 Å². The normalized spacial score (nSPS) is 16.0. The molecular weight excluding hydrogens is 332 g/mol. The largest absolute Gasteiger partial charge is 0.486 e. The van der Waals surface area contributed by atoms with E-state index in [-0.39, 0.29) is 12.0 Å². The van der Waals surface area contributed by atoms with E-state index in [4.69, 9.17) is 9.47 Å². The number of amides is 1. The zero-order valence-electron chi connectivity index (χ0n) is 15.8. The predicted molar refractivity (Wildman–Crippen MR) is 99.8 cm³/mol. The van der Waals surface area contributed by atoms with Gasteiger partial charge in [0.15, 0.2) is 11.5 Å². The van der Waals surface area contributed by atoms with Crippen LogP contribution in [0, 0.1) is 13.8 Å². The smallest absolute Gasteiger partial charge is 0.238 e. The molecule has 1 amide bonds. The summed E-state index contributed by atoms with van der Waals surface area (Å²) in [4.78, 5) is 14.5. The van der Waals surface area contributed by atoms with Crippen molar-refractivity contribution in [3.05, 3.63) is 35.7 Å². The van der Waals surface area contributed by atoms with Crippen LogP contribution in [0.4, 0.5) is 5.69 Å². The molecule has 0 fully saturated rings. The van der Waals surface area contributed by atoms with Crippen molar-refractivity contribution >= 4 is 11.6 Å². The molecule has 2 aromatic rings. The van der Waals surface area contributed by atoms with Gasteiger partial charge in [0.05, 0.1) is 23.6 Å². The molecule has 3 rings (SSSR count). The van der Waals surface area contributed by atoms with E-state index in [1.165, 1.54) is 0 Å². The first-order valence-electron chi connectivity index (χ1n) is 8.88. The van der Waals surface area contributed by atoms with Gasteiger partial charge in [-0.25, -0.2) is 0 Å². The summed E-state index contributed by atoms with van der Waals surface area (Å²) in [5.74, 6) is 1.47. The summed E-state index contributed by atoms with van der Waals surface area (Å²) < 4.78 is 13.5. The van der Waals surface area contributed by atoms with Crippen molar-refractivity contribution in [3.8, 4) is 11.5 Å². The number of carbonyl (C=O) groups excluding carboxylic acids is 1. The van der Waals surface area contributed by atoms with Crippen molar-refractivity contribution in [3.63, 3.8) is 0 Å². The number of aryl methyl sites for hydroxylation is 2.